The van der Waals surface area contributed by atoms with Gasteiger partial charge in [-0.3, -0.25) is 9.58 Å². The summed E-state index contributed by atoms with van der Waals surface area (Å²) in [7, 11) is 2.01. The SMILES string of the molecule is CCc1ccc(C2CNCCN2Cc2cnn(C)c2C)cc1.Cl. The average molecular weight is 335 g/mol. The first-order valence-electron chi connectivity index (χ1n) is 8.20. The lowest BCUT2D eigenvalue weighted by atomic mass is 10.0. The Morgan fingerprint density at radius 3 is 2.61 bits per heavy atom. The van der Waals surface area contributed by atoms with E-state index in [9.17, 15) is 0 Å². The Labute approximate surface area is 145 Å². The van der Waals surface area contributed by atoms with E-state index in [1.165, 1.54) is 22.4 Å². The molecule has 1 fully saturated rings. The second kappa shape index (κ2) is 7.95. The van der Waals surface area contributed by atoms with Gasteiger partial charge in [0.1, 0.15) is 0 Å². The van der Waals surface area contributed by atoms with Crippen molar-refractivity contribution in [3.05, 3.63) is 52.8 Å². The minimum atomic E-state index is 0. The summed E-state index contributed by atoms with van der Waals surface area (Å²) >= 11 is 0. The van der Waals surface area contributed by atoms with Crippen molar-refractivity contribution in [3.63, 3.8) is 0 Å². The van der Waals surface area contributed by atoms with Crippen molar-refractivity contribution in [3.8, 4) is 0 Å². The smallest absolute Gasteiger partial charge is 0.0537 e. The molecule has 1 aliphatic heterocycles. The Kier molecular flexibility index (Phi) is 6.22. The molecule has 0 bridgehead atoms. The largest absolute Gasteiger partial charge is 0.314 e. The van der Waals surface area contributed by atoms with Gasteiger partial charge in [0.2, 0.25) is 0 Å². The number of halogens is 1. The monoisotopic (exact) mass is 334 g/mol. The summed E-state index contributed by atoms with van der Waals surface area (Å²) in [5.74, 6) is 0. The lowest BCUT2D eigenvalue weighted by Crippen LogP contribution is -2.45. The molecule has 1 saturated heterocycles. The molecule has 126 valence electrons. The molecule has 2 aromatic rings. The molecule has 1 unspecified atom stereocenters. The predicted octanol–water partition coefficient (Wildman–Crippen LogP) is 2.86. The Hall–Kier alpha value is -1.36. The number of rotatable bonds is 4. The van der Waals surface area contributed by atoms with Crippen molar-refractivity contribution >= 4 is 12.4 Å². The van der Waals surface area contributed by atoms with E-state index in [-0.39, 0.29) is 12.4 Å². The maximum atomic E-state index is 4.38. The minimum absolute atomic E-state index is 0. The molecule has 0 aliphatic carbocycles. The van der Waals surface area contributed by atoms with E-state index in [0.717, 1.165) is 32.6 Å². The van der Waals surface area contributed by atoms with Gasteiger partial charge >= 0.3 is 0 Å². The molecular weight excluding hydrogens is 308 g/mol. The molecule has 0 radical (unpaired) electrons. The van der Waals surface area contributed by atoms with Crippen LogP contribution in [0.4, 0.5) is 0 Å². The van der Waals surface area contributed by atoms with Gasteiger partial charge in [-0.2, -0.15) is 5.10 Å². The van der Waals surface area contributed by atoms with Gasteiger partial charge in [0.25, 0.3) is 0 Å². The molecule has 1 aromatic carbocycles. The quantitative estimate of drug-likeness (QED) is 0.933. The van der Waals surface area contributed by atoms with Crippen molar-refractivity contribution in [2.75, 3.05) is 19.6 Å². The van der Waals surface area contributed by atoms with Gasteiger partial charge in [-0.25, -0.2) is 0 Å². The zero-order chi connectivity index (χ0) is 15.5. The highest BCUT2D eigenvalue weighted by atomic mass is 35.5. The van der Waals surface area contributed by atoms with Gasteiger partial charge in [-0.15, -0.1) is 12.4 Å². The molecule has 0 spiro atoms. The summed E-state index contributed by atoms with van der Waals surface area (Å²) in [5, 5.41) is 7.91. The molecule has 1 aliphatic rings. The number of nitrogens with one attached hydrogen (secondary N) is 1. The van der Waals surface area contributed by atoms with E-state index in [1.807, 2.05) is 17.9 Å². The van der Waals surface area contributed by atoms with Gasteiger partial charge in [0.05, 0.1) is 6.20 Å². The number of benzene rings is 1. The topological polar surface area (TPSA) is 33.1 Å². The third-order valence-electron chi connectivity index (χ3n) is 4.84. The summed E-state index contributed by atoms with van der Waals surface area (Å²) in [6.45, 7) is 8.48. The highest BCUT2D eigenvalue weighted by Gasteiger charge is 2.24. The standard InChI is InChI=1S/C18H26N4.ClH/c1-4-15-5-7-16(8-6-15)18-12-19-9-10-22(18)13-17-11-20-21(3)14(17)2;/h5-8,11,18-19H,4,9-10,12-13H2,1-3H3;1H. The number of hydrogen-bond donors (Lipinski definition) is 1. The van der Waals surface area contributed by atoms with E-state index < -0.39 is 0 Å². The first kappa shape index (κ1) is 18.0. The fourth-order valence-electron chi connectivity index (χ4n) is 3.16. The van der Waals surface area contributed by atoms with Crippen molar-refractivity contribution in [1.29, 1.82) is 0 Å². The van der Waals surface area contributed by atoms with Gasteiger partial charge < -0.3 is 5.32 Å². The third-order valence-corrected chi connectivity index (χ3v) is 4.84. The fourth-order valence-corrected chi connectivity index (χ4v) is 3.16. The van der Waals surface area contributed by atoms with Crippen molar-refractivity contribution < 1.29 is 0 Å². The van der Waals surface area contributed by atoms with Crippen LogP contribution in [0, 0.1) is 6.92 Å². The molecule has 2 heterocycles. The van der Waals surface area contributed by atoms with Gasteiger partial charge in [0.15, 0.2) is 0 Å². The molecule has 5 heteroatoms. The number of piperazine rings is 1. The Bertz CT molecular complexity index is 620. The molecule has 3 rings (SSSR count). The van der Waals surface area contributed by atoms with Crippen molar-refractivity contribution in [1.82, 2.24) is 20.0 Å². The minimum Gasteiger partial charge on any atom is -0.314 e. The summed E-state index contributed by atoms with van der Waals surface area (Å²) in [4.78, 5) is 2.57. The van der Waals surface area contributed by atoms with Crippen LogP contribution in [0.2, 0.25) is 0 Å². The molecule has 4 nitrogen and oxygen atoms in total. The highest BCUT2D eigenvalue weighted by molar-refractivity contribution is 5.85. The van der Waals surface area contributed by atoms with E-state index in [0.29, 0.717) is 6.04 Å². The van der Waals surface area contributed by atoms with Crippen LogP contribution in [0.1, 0.15) is 35.3 Å². The first-order valence-corrected chi connectivity index (χ1v) is 8.20. The maximum Gasteiger partial charge on any atom is 0.0537 e. The Balaban J connectivity index is 0.00000192. The molecule has 1 aromatic heterocycles. The number of hydrogen-bond acceptors (Lipinski definition) is 3. The van der Waals surface area contributed by atoms with E-state index in [4.69, 9.17) is 0 Å². The van der Waals surface area contributed by atoms with E-state index >= 15 is 0 Å². The summed E-state index contributed by atoms with van der Waals surface area (Å²) in [5.41, 5.74) is 5.41. The summed E-state index contributed by atoms with van der Waals surface area (Å²) in [6, 6.07) is 9.55. The number of nitrogens with zero attached hydrogens (tertiary/aromatic N) is 3. The van der Waals surface area contributed by atoms with Gasteiger partial charge in [-0.1, -0.05) is 31.2 Å². The Morgan fingerprint density at radius 2 is 2.00 bits per heavy atom. The zero-order valence-corrected chi connectivity index (χ0v) is 15.1. The average Bonchev–Trinajstić information content (AvgIpc) is 2.88. The van der Waals surface area contributed by atoms with Crippen LogP contribution in [-0.4, -0.2) is 34.3 Å². The van der Waals surface area contributed by atoms with Crippen LogP contribution in [0.15, 0.2) is 30.5 Å². The normalized spacial score (nSPS) is 18.7. The van der Waals surface area contributed by atoms with Gasteiger partial charge in [-0.05, 0) is 24.5 Å². The molecule has 1 atom stereocenters. The molecule has 0 saturated carbocycles. The predicted molar refractivity (Wildman–Crippen MR) is 97.0 cm³/mol. The van der Waals surface area contributed by atoms with Crippen molar-refractivity contribution in [2.24, 2.45) is 7.05 Å². The lowest BCUT2D eigenvalue weighted by Gasteiger charge is -2.36. The zero-order valence-electron chi connectivity index (χ0n) is 14.2. The van der Waals surface area contributed by atoms with E-state index in [2.05, 4.69) is 53.4 Å². The van der Waals surface area contributed by atoms with E-state index in [1.54, 1.807) is 0 Å². The Morgan fingerprint density at radius 1 is 1.26 bits per heavy atom. The number of aryl methyl sites for hydroxylation is 2. The second-order valence-electron chi connectivity index (χ2n) is 6.16. The van der Waals surface area contributed by atoms with Gasteiger partial charge in [0, 0.05) is 50.5 Å². The van der Waals surface area contributed by atoms with Crippen LogP contribution >= 0.6 is 12.4 Å². The molecular formula is C18H27ClN4. The molecule has 0 amide bonds. The highest BCUT2D eigenvalue weighted by Crippen LogP contribution is 2.25. The van der Waals surface area contributed by atoms with Crippen LogP contribution in [0.3, 0.4) is 0 Å². The summed E-state index contributed by atoms with van der Waals surface area (Å²) < 4.78 is 1.96. The number of aromatic nitrogens is 2. The molecule has 23 heavy (non-hydrogen) atoms. The molecule has 1 N–H and O–H groups in total. The van der Waals surface area contributed by atoms with Crippen LogP contribution < -0.4 is 5.32 Å². The first-order chi connectivity index (χ1) is 10.7. The third kappa shape index (κ3) is 3.94. The second-order valence-corrected chi connectivity index (χ2v) is 6.16. The van der Waals surface area contributed by atoms with Crippen LogP contribution in [0.25, 0.3) is 0 Å². The van der Waals surface area contributed by atoms with Crippen molar-refractivity contribution in [2.45, 2.75) is 32.9 Å². The van der Waals surface area contributed by atoms with Crippen LogP contribution in [-0.2, 0) is 20.0 Å². The fraction of sp³-hybridized carbons (Fsp3) is 0.500. The summed E-state index contributed by atoms with van der Waals surface area (Å²) in [6.07, 6.45) is 3.11. The maximum absolute atomic E-state index is 4.38. The van der Waals surface area contributed by atoms with Crippen LogP contribution in [0.5, 0.6) is 0 Å². The lowest BCUT2D eigenvalue weighted by molar-refractivity contribution is 0.153.